The van der Waals surface area contributed by atoms with E-state index in [1.165, 1.54) is 0 Å². The molecule has 3 rings (SSSR count). The van der Waals surface area contributed by atoms with Gasteiger partial charge in [-0.1, -0.05) is 29.8 Å². The van der Waals surface area contributed by atoms with E-state index in [2.05, 4.69) is 20.4 Å². The number of para-hydroxylation sites is 1. The van der Waals surface area contributed by atoms with Crippen LogP contribution in [0, 0.1) is 0 Å². The van der Waals surface area contributed by atoms with Crippen molar-refractivity contribution in [3.63, 3.8) is 0 Å². The van der Waals surface area contributed by atoms with Crippen LogP contribution in [0.5, 0.6) is 5.88 Å². The molecule has 1 N–H and O–H groups in total. The van der Waals surface area contributed by atoms with E-state index in [-0.39, 0.29) is 11.9 Å². The maximum absolute atomic E-state index is 10.5. The fraction of sp³-hybridized carbons (Fsp3) is 0.200. The maximum Gasteiger partial charge on any atom is 0.221 e. The van der Waals surface area contributed by atoms with Gasteiger partial charge in [-0.15, -0.1) is 20.4 Å². The number of hydrogen-bond acceptors (Lipinski definition) is 5. The molecule has 0 spiro atoms. The summed E-state index contributed by atoms with van der Waals surface area (Å²) in [6.07, 6.45) is 0. The van der Waals surface area contributed by atoms with Gasteiger partial charge in [-0.3, -0.25) is 0 Å². The Labute approximate surface area is 132 Å². The lowest BCUT2D eigenvalue weighted by Gasteiger charge is -2.10. The summed E-state index contributed by atoms with van der Waals surface area (Å²) in [5.74, 6) is 0.409. The average Bonchev–Trinajstić information content (AvgIpc) is 2.78. The lowest BCUT2D eigenvalue weighted by atomic mass is 10.2. The fourth-order valence-electron chi connectivity index (χ4n) is 2.32. The minimum absolute atomic E-state index is 0.0851. The van der Waals surface area contributed by atoms with E-state index in [1.807, 2.05) is 42.7 Å². The number of hydrogen-bond donors (Lipinski definition) is 1. The van der Waals surface area contributed by atoms with Gasteiger partial charge in [0.2, 0.25) is 5.88 Å². The summed E-state index contributed by atoms with van der Waals surface area (Å²) in [5, 5.41) is 27.3. The molecule has 0 unspecified atom stereocenters. The van der Waals surface area contributed by atoms with Crippen molar-refractivity contribution in [1.82, 2.24) is 14.8 Å². The quantitative estimate of drug-likeness (QED) is 0.706. The molecule has 0 bridgehead atoms. The van der Waals surface area contributed by atoms with Crippen molar-refractivity contribution in [3.8, 4) is 5.88 Å². The van der Waals surface area contributed by atoms with Crippen LogP contribution in [-0.2, 0) is 0 Å². The SMILES string of the molecule is CC(C)n1c(O)c(N=Nc2ccc(Cl)nn2)c2ccccc21. The van der Waals surface area contributed by atoms with Crippen molar-refractivity contribution in [2.24, 2.45) is 10.2 Å². The molecular formula is C15H14ClN5O. The molecule has 3 aromatic rings. The van der Waals surface area contributed by atoms with Gasteiger partial charge in [0.15, 0.2) is 16.7 Å². The second-order valence-corrected chi connectivity index (χ2v) is 5.45. The van der Waals surface area contributed by atoms with Crippen LogP contribution in [0.1, 0.15) is 19.9 Å². The van der Waals surface area contributed by atoms with Crippen molar-refractivity contribution in [2.75, 3.05) is 0 Å². The third-order valence-corrected chi connectivity index (χ3v) is 3.45. The molecule has 0 aliphatic heterocycles. The van der Waals surface area contributed by atoms with E-state index in [9.17, 15) is 5.11 Å². The van der Waals surface area contributed by atoms with E-state index < -0.39 is 0 Å². The summed E-state index contributed by atoms with van der Waals surface area (Å²) < 4.78 is 1.82. The van der Waals surface area contributed by atoms with Crippen molar-refractivity contribution < 1.29 is 5.11 Å². The Bertz CT molecular complexity index is 839. The van der Waals surface area contributed by atoms with Crippen molar-refractivity contribution in [3.05, 3.63) is 41.6 Å². The maximum atomic E-state index is 10.5. The molecule has 0 fully saturated rings. The topological polar surface area (TPSA) is 75.7 Å². The van der Waals surface area contributed by atoms with E-state index in [1.54, 1.807) is 12.1 Å². The molecule has 0 aliphatic carbocycles. The van der Waals surface area contributed by atoms with E-state index >= 15 is 0 Å². The van der Waals surface area contributed by atoms with Crippen LogP contribution < -0.4 is 0 Å². The Morgan fingerprint density at radius 3 is 2.55 bits per heavy atom. The third kappa shape index (κ3) is 2.53. The first-order valence-corrected chi connectivity index (χ1v) is 7.18. The number of fused-ring (bicyclic) bond motifs is 1. The van der Waals surface area contributed by atoms with Crippen LogP contribution in [0.4, 0.5) is 11.5 Å². The normalized spacial score (nSPS) is 11.8. The number of halogens is 1. The first-order valence-electron chi connectivity index (χ1n) is 6.81. The lowest BCUT2D eigenvalue weighted by molar-refractivity contribution is 0.407. The smallest absolute Gasteiger partial charge is 0.221 e. The van der Waals surface area contributed by atoms with Gasteiger partial charge < -0.3 is 9.67 Å². The minimum Gasteiger partial charge on any atom is -0.493 e. The van der Waals surface area contributed by atoms with E-state index in [0.717, 1.165) is 10.9 Å². The van der Waals surface area contributed by atoms with Gasteiger partial charge in [-0.25, -0.2) is 0 Å². The molecule has 0 amide bonds. The van der Waals surface area contributed by atoms with Crippen LogP contribution in [0.15, 0.2) is 46.6 Å². The molecular weight excluding hydrogens is 302 g/mol. The van der Waals surface area contributed by atoms with Gasteiger partial charge in [-0.2, -0.15) is 0 Å². The molecule has 1 aromatic carbocycles. The molecule has 2 aromatic heterocycles. The van der Waals surface area contributed by atoms with Crippen LogP contribution in [0.2, 0.25) is 5.15 Å². The summed E-state index contributed by atoms with van der Waals surface area (Å²) in [7, 11) is 0. The first-order chi connectivity index (χ1) is 10.6. The Hall–Kier alpha value is -2.47. The zero-order valence-electron chi connectivity index (χ0n) is 12.1. The number of nitrogens with zero attached hydrogens (tertiary/aromatic N) is 5. The van der Waals surface area contributed by atoms with Crippen LogP contribution >= 0.6 is 11.6 Å². The third-order valence-electron chi connectivity index (χ3n) is 3.25. The zero-order valence-corrected chi connectivity index (χ0v) is 12.9. The lowest BCUT2D eigenvalue weighted by Crippen LogP contribution is -1.98. The van der Waals surface area contributed by atoms with Crippen molar-refractivity contribution in [1.29, 1.82) is 0 Å². The highest BCUT2D eigenvalue weighted by molar-refractivity contribution is 6.29. The average molecular weight is 316 g/mol. The highest BCUT2D eigenvalue weighted by atomic mass is 35.5. The van der Waals surface area contributed by atoms with E-state index in [4.69, 9.17) is 11.6 Å². The van der Waals surface area contributed by atoms with Crippen LogP contribution in [-0.4, -0.2) is 19.9 Å². The molecule has 0 saturated heterocycles. The number of aromatic hydroxyl groups is 1. The molecule has 0 atom stereocenters. The molecule has 7 heteroatoms. The molecule has 0 radical (unpaired) electrons. The largest absolute Gasteiger partial charge is 0.493 e. The number of rotatable bonds is 3. The standard InChI is InChI=1S/C15H14ClN5O/c1-9(2)21-11-6-4-3-5-10(11)14(15(21)22)20-19-13-8-7-12(16)17-18-13/h3-9,22H,1-2H3. The Balaban J connectivity index is 2.11. The Morgan fingerprint density at radius 1 is 1.09 bits per heavy atom. The van der Waals surface area contributed by atoms with Crippen molar-refractivity contribution >= 4 is 34.0 Å². The Kier molecular flexibility index (Phi) is 3.77. The van der Waals surface area contributed by atoms with Gasteiger partial charge in [0.1, 0.15) is 0 Å². The highest BCUT2D eigenvalue weighted by Gasteiger charge is 2.17. The van der Waals surface area contributed by atoms with Gasteiger partial charge >= 0.3 is 0 Å². The summed E-state index contributed by atoms with van der Waals surface area (Å²) in [6.45, 7) is 4.00. The predicted molar refractivity (Wildman–Crippen MR) is 85.2 cm³/mol. The molecule has 0 saturated carbocycles. The predicted octanol–water partition coefficient (Wildman–Crippen LogP) is 4.79. The van der Waals surface area contributed by atoms with E-state index in [0.29, 0.717) is 16.7 Å². The van der Waals surface area contributed by atoms with Crippen molar-refractivity contribution in [2.45, 2.75) is 19.9 Å². The van der Waals surface area contributed by atoms with Crippen LogP contribution in [0.3, 0.4) is 0 Å². The molecule has 22 heavy (non-hydrogen) atoms. The summed E-state index contributed by atoms with van der Waals surface area (Å²) >= 11 is 5.68. The number of aromatic nitrogens is 3. The monoisotopic (exact) mass is 315 g/mol. The van der Waals surface area contributed by atoms with Gasteiger partial charge in [0.05, 0.1) is 5.52 Å². The molecule has 2 heterocycles. The molecule has 6 nitrogen and oxygen atoms in total. The summed E-state index contributed by atoms with van der Waals surface area (Å²) in [5.41, 5.74) is 1.33. The van der Waals surface area contributed by atoms with Gasteiger partial charge in [-0.05, 0) is 32.0 Å². The second-order valence-electron chi connectivity index (χ2n) is 5.07. The summed E-state index contributed by atoms with van der Waals surface area (Å²) in [6, 6.07) is 11.0. The first kappa shape index (κ1) is 14.5. The zero-order chi connectivity index (χ0) is 15.7. The highest BCUT2D eigenvalue weighted by Crippen LogP contribution is 2.41. The Morgan fingerprint density at radius 2 is 1.86 bits per heavy atom. The minimum atomic E-state index is 0.0851. The van der Waals surface area contributed by atoms with Gasteiger partial charge in [0.25, 0.3) is 0 Å². The summed E-state index contributed by atoms with van der Waals surface area (Å²) in [4.78, 5) is 0. The fourth-order valence-corrected chi connectivity index (χ4v) is 2.42. The van der Waals surface area contributed by atoms with Gasteiger partial charge in [0, 0.05) is 11.4 Å². The molecule has 112 valence electrons. The second kappa shape index (κ2) is 5.73. The molecule has 0 aliphatic rings. The number of benzene rings is 1. The number of azo groups is 1. The van der Waals surface area contributed by atoms with Crippen LogP contribution in [0.25, 0.3) is 10.9 Å².